The van der Waals surface area contributed by atoms with Crippen LogP contribution in [-0.4, -0.2) is 25.3 Å². The summed E-state index contributed by atoms with van der Waals surface area (Å²) in [6, 6.07) is 7.51. The molecule has 2 aliphatic rings. The van der Waals surface area contributed by atoms with Crippen LogP contribution in [0.2, 0.25) is 0 Å². The van der Waals surface area contributed by atoms with Gasteiger partial charge in [0, 0.05) is 17.9 Å². The van der Waals surface area contributed by atoms with Crippen LogP contribution in [0.15, 0.2) is 29.2 Å². The molecule has 0 bridgehead atoms. The van der Waals surface area contributed by atoms with Crippen LogP contribution in [0.25, 0.3) is 0 Å². The zero-order valence-electron chi connectivity index (χ0n) is 12.2. The molecule has 5 heteroatoms. The Kier molecular flexibility index (Phi) is 4.71. The lowest BCUT2D eigenvalue weighted by Crippen LogP contribution is -2.49. The molecule has 2 fully saturated rings. The molecule has 116 valence electrons. The second kappa shape index (κ2) is 6.39. The fraction of sp³-hybridized carbons (Fsp3) is 0.625. The summed E-state index contributed by atoms with van der Waals surface area (Å²) in [5.41, 5.74) is 1.10. The van der Waals surface area contributed by atoms with Crippen LogP contribution in [0.3, 0.4) is 0 Å². The quantitative estimate of drug-likeness (QED) is 0.754. The van der Waals surface area contributed by atoms with E-state index < -0.39 is 10.0 Å². The summed E-state index contributed by atoms with van der Waals surface area (Å²) < 4.78 is 27.7. The van der Waals surface area contributed by atoms with Crippen LogP contribution < -0.4 is 0 Å². The number of fused-ring (bicyclic) bond motifs is 1. The van der Waals surface area contributed by atoms with Crippen molar-refractivity contribution in [2.24, 2.45) is 5.92 Å². The van der Waals surface area contributed by atoms with Gasteiger partial charge in [-0.1, -0.05) is 40.9 Å². The molecule has 21 heavy (non-hydrogen) atoms. The summed E-state index contributed by atoms with van der Waals surface area (Å²) in [7, 11) is -3.34. The minimum atomic E-state index is -3.34. The SMILES string of the molecule is O=S(=O)(c1ccc(CBr)cc1)N1CCCC2CCCCC21. The van der Waals surface area contributed by atoms with Crippen molar-refractivity contribution >= 4 is 26.0 Å². The molecule has 1 aliphatic carbocycles. The summed E-state index contributed by atoms with van der Waals surface area (Å²) in [4.78, 5) is 0.443. The van der Waals surface area contributed by atoms with Crippen LogP contribution in [0.5, 0.6) is 0 Å². The van der Waals surface area contributed by atoms with E-state index in [1.54, 1.807) is 16.4 Å². The summed E-state index contributed by atoms with van der Waals surface area (Å²) in [5, 5.41) is 0.752. The van der Waals surface area contributed by atoms with Crippen molar-refractivity contribution in [3.8, 4) is 0 Å². The smallest absolute Gasteiger partial charge is 0.207 e. The molecule has 0 aromatic heterocycles. The molecule has 0 spiro atoms. The highest BCUT2D eigenvalue weighted by Gasteiger charge is 2.39. The van der Waals surface area contributed by atoms with Crippen LogP contribution in [0.4, 0.5) is 0 Å². The Morgan fingerprint density at radius 1 is 1.05 bits per heavy atom. The van der Waals surface area contributed by atoms with E-state index in [1.807, 2.05) is 12.1 Å². The maximum Gasteiger partial charge on any atom is 0.243 e. The molecular formula is C16H22BrNO2S. The average Bonchev–Trinajstić information content (AvgIpc) is 2.54. The second-order valence-electron chi connectivity index (χ2n) is 6.15. The maximum atomic E-state index is 13.0. The van der Waals surface area contributed by atoms with Crippen LogP contribution in [0, 0.1) is 5.92 Å². The Morgan fingerprint density at radius 3 is 2.43 bits per heavy atom. The van der Waals surface area contributed by atoms with Crippen molar-refractivity contribution < 1.29 is 8.42 Å². The molecule has 0 N–H and O–H groups in total. The first kappa shape index (κ1) is 15.5. The fourth-order valence-electron chi connectivity index (χ4n) is 3.76. The molecule has 1 aliphatic heterocycles. The summed E-state index contributed by atoms with van der Waals surface area (Å²) >= 11 is 3.39. The standard InChI is InChI=1S/C16H22BrNO2S/c17-12-13-7-9-15(10-8-13)21(19,20)18-11-3-5-14-4-1-2-6-16(14)18/h7-10,14,16H,1-6,11-12H2. The minimum absolute atomic E-state index is 0.230. The van der Waals surface area contributed by atoms with E-state index in [-0.39, 0.29) is 6.04 Å². The third-order valence-electron chi connectivity index (χ3n) is 4.88. The third kappa shape index (κ3) is 3.06. The van der Waals surface area contributed by atoms with E-state index in [4.69, 9.17) is 0 Å². The van der Waals surface area contributed by atoms with Crippen LogP contribution in [-0.2, 0) is 15.4 Å². The number of hydrogen-bond acceptors (Lipinski definition) is 2. The summed E-state index contributed by atoms with van der Waals surface area (Å²) in [5.74, 6) is 0.573. The molecule has 3 rings (SSSR count). The Hall–Kier alpha value is -0.390. The fourth-order valence-corrected chi connectivity index (χ4v) is 5.89. The predicted molar refractivity (Wildman–Crippen MR) is 87.9 cm³/mol. The van der Waals surface area contributed by atoms with Gasteiger partial charge in [0.15, 0.2) is 0 Å². The predicted octanol–water partition coefficient (Wildman–Crippen LogP) is 3.92. The Morgan fingerprint density at radius 2 is 1.71 bits per heavy atom. The highest BCUT2D eigenvalue weighted by atomic mass is 79.9. The molecule has 0 radical (unpaired) electrons. The van der Waals surface area contributed by atoms with Crippen molar-refractivity contribution in [2.45, 2.75) is 54.8 Å². The number of sulfonamides is 1. The van der Waals surface area contributed by atoms with E-state index in [2.05, 4.69) is 15.9 Å². The third-order valence-corrected chi connectivity index (χ3v) is 7.46. The van der Waals surface area contributed by atoms with Gasteiger partial charge in [0.1, 0.15) is 0 Å². The molecule has 2 atom stereocenters. The highest BCUT2D eigenvalue weighted by Crippen LogP contribution is 2.38. The molecule has 1 aromatic rings. The number of rotatable bonds is 3. The van der Waals surface area contributed by atoms with Gasteiger partial charge >= 0.3 is 0 Å². The normalized spacial score (nSPS) is 27.3. The number of piperidine rings is 1. The van der Waals surface area contributed by atoms with Crippen LogP contribution >= 0.6 is 15.9 Å². The molecule has 1 saturated heterocycles. The number of alkyl halides is 1. The van der Waals surface area contributed by atoms with Crippen molar-refractivity contribution in [3.63, 3.8) is 0 Å². The molecule has 1 saturated carbocycles. The Balaban J connectivity index is 1.88. The minimum Gasteiger partial charge on any atom is -0.207 e. The van der Waals surface area contributed by atoms with Gasteiger partial charge in [-0.3, -0.25) is 0 Å². The van der Waals surface area contributed by atoms with Gasteiger partial charge in [-0.25, -0.2) is 8.42 Å². The van der Waals surface area contributed by atoms with Gasteiger partial charge in [0.25, 0.3) is 0 Å². The number of halogens is 1. The number of nitrogens with zero attached hydrogens (tertiary/aromatic N) is 1. The van der Waals surface area contributed by atoms with Gasteiger partial charge in [-0.15, -0.1) is 0 Å². The second-order valence-corrected chi connectivity index (χ2v) is 8.60. The van der Waals surface area contributed by atoms with E-state index in [0.29, 0.717) is 17.4 Å². The summed E-state index contributed by atoms with van der Waals surface area (Å²) in [6.45, 7) is 0.684. The van der Waals surface area contributed by atoms with Gasteiger partial charge in [0.2, 0.25) is 10.0 Å². The average molecular weight is 372 g/mol. The maximum absolute atomic E-state index is 13.0. The van der Waals surface area contributed by atoms with E-state index in [0.717, 1.165) is 30.2 Å². The first-order chi connectivity index (χ1) is 10.1. The summed E-state index contributed by atoms with van der Waals surface area (Å²) in [6.07, 6.45) is 6.84. The van der Waals surface area contributed by atoms with Crippen molar-refractivity contribution in [1.29, 1.82) is 0 Å². The van der Waals surface area contributed by atoms with E-state index in [9.17, 15) is 8.42 Å². The Bertz CT molecular complexity index is 583. The number of hydrogen-bond donors (Lipinski definition) is 0. The van der Waals surface area contributed by atoms with Gasteiger partial charge in [-0.05, 0) is 49.3 Å². The number of benzene rings is 1. The topological polar surface area (TPSA) is 37.4 Å². The first-order valence-corrected chi connectivity index (χ1v) is 10.4. The molecule has 2 unspecified atom stereocenters. The van der Waals surface area contributed by atoms with Crippen molar-refractivity contribution in [3.05, 3.63) is 29.8 Å². The highest BCUT2D eigenvalue weighted by molar-refractivity contribution is 9.08. The van der Waals surface area contributed by atoms with Crippen molar-refractivity contribution in [1.82, 2.24) is 4.31 Å². The lowest BCUT2D eigenvalue weighted by molar-refractivity contribution is 0.129. The molecule has 1 aromatic carbocycles. The molecular weight excluding hydrogens is 350 g/mol. The largest absolute Gasteiger partial charge is 0.243 e. The van der Waals surface area contributed by atoms with Crippen LogP contribution in [0.1, 0.15) is 44.1 Å². The zero-order chi connectivity index (χ0) is 14.9. The van der Waals surface area contributed by atoms with Crippen molar-refractivity contribution in [2.75, 3.05) is 6.54 Å². The molecule has 0 amide bonds. The molecule has 1 heterocycles. The lowest BCUT2D eigenvalue weighted by atomic mass is 9.79. The first-order valence-electron chi connectivity index (χ1n) is 7.79. The lowest BCUT2D eigenvalue weighted by Gasteiger charge is -2.43. The van der Waals surface area contributed by atoms with E-state index >= 15 is 0 Å². The molecule has 3 nitrogen and oxygen atoms in total. The monoisotopic (exact) mass is 371 g/mol. The van der Waals surface area contributed by atoms with E-state index in [1.165, 1.54) is 19.3 Å². The zero-order valence-corrected chi connectivity index (χ0v) is 14.6. The van der Waals surface area contributed by atoms with Gasteiger partial charge < -0.3 is 0 Å². The van der Waals surface area contributed by atoms with Gasteiger partial charge in [0.05, 0.1) is 4.90 Å². The van der Waals surface area contributed by atoms with Gasteiger partial charge in [-0.2, -0.15) is 4.31 Å². The Labute approximate surface area is 135 Å².